The van der Waals surface area contributed by atoms with E-state index in [-0.39, 0.29) is 0 Å². The second-order valence-corrected chi connectivity index (χ2v) is 5.59. The SMILES string of the molecule is CCCNc1cc(Oc2cc(Cl)c(Cl)cc2Cl)nc(C)n1. The first-order valence-electron chi connectivity index (χ1n) is 6.41. The molecule has 7 heteroatoms. The number of anilines is 1. The van der Waals surface area contributed by atoms with Crippen molar-refractivity contribution in [3.63, 3.8) is 0 Å². The summed E-state index contributed by atoms with van der Waals surface area (Å²) in [5.74, 6) is 2.09. The lowest BCUT2D eigenvalue weighted by atomic mass is 10.3. The molecule has 0 bridgehead atoms. The summed E-state index contributed by atoms with van der Waals surface area (Å²) in [6.45, 7) is 4.69. The molecule has 2 rings (SSSR count). The number of nitrogens with zero attached hydrogens (tertiary/aromatic N) is 2. The Bertz CT molecular complexity index is 650. The van der Waals surface area contributed by atoms with Crippen LogP contribution in [-0.2, 0) is 0 Å². The van der Waals surface area contributed by atoms with E-state index in [0.717, 1.165) is 13.0 Å². The Labute approximate surface area is 138 Å². The molecular weight excluding hydrogens is 333 g/mol. The van der Waals surface area contributed by atoms with E-state index in [1.54, 1.807) is 19.1 Å². The fourth-order valence-corrected chi connectivity index (χ4v) is 2.21. The minimum Gasteiger partial charge on any atom is -0.437 e. The van der Waals surface area contributed by atoms with Gasteiger partial charge >= 0.3 is 0 Å². The summed E-state index contributed by atoms with van der Waals surface area (Å²) in [5.41, 5.74) is 0. The second-order valence-electron chi connectivity index (χ2n) is 4.36. The maximum atomic E-state index is 6.09. The fourth-order valence-electron chi connectivity index (χ4n) is 1.63. The molecule has 1 heterocycles. The van der Waals surface area contributed by atoms with Crippen molar-refractivity contribution in [1.82, 2.24) is 9.97 Å². The first-order chi connectivity index (χ1) is 9.99. The molecule has 0 amide bonds. The topological polar surface area (TPSA) is 47.0 Å². The zero-order valence-electron chi connectivity index (χ0n) is 11.6. The summed E-state index contributed by atoms with van der Waals surface area (Å²) in [6.07, 6.45) is 0.998. The van der Waals surface area contributed by atoms with Crippen LogP contribution in [0.1, 0.15) is 19.2 Å². The van der Waals surface area contributed by atoms with Crippen molar-refractivity contribution in [2.24, 2.45) is 0 Å². The third-order valence-electron chi connectivity index (χ3n) is 2.56. The normalized spacial score (nSPS) is 10.5. The standard InChI is InChI=1S/C14H14Cl3N3O/c1-3-4-18-13-7-14(20-8(2)19-13)21-12-6-10(16)9(15)5-11(12)17/h5-7H,3-4H2,1-2H3,(H,18,19,20). The van der Waals surface area contributed by atoms with E-state index in [2.05, 4.69) is 22.2 Å². The van der Waals surface area contributed by atoms with Crippen molar-refractivity contribution in [2.45, 2.75) is 20.3 Å². The van der Waals surface area contributed by atoms with Crippen molar-refractivity contribution >= 4 is 40.6 Å². The van der Waals surface area contributed by atoms with Gasteiger partial charge in [-0.3, -0.25) is 0 Å². The summed E-state index contributed by atoms with van der Waals surface area (Å²) >= 11 is 17.9. The van der Waals surface area contributed by atoms with Crippen LogP contribution in [0.25, 0.3) is 0 Å². The van der Waals surface area contributed by atoms with E-state index < -0.39 is 0 Å². The lowest BCUT2D eigenvalue weighted by Crippen LogP contribution is -2.04. The summed E-state index contributed by atoms with van der Waals surface area (Å²) in [5, 5.41) is 4.29. The van der Waals surface area contributed by atoms with Crippen LogP contribution in [0.2, 0.25) is 15.1 Å². The van der Waals surface area contributed by atoms with Gasteiger partial charge in [-0.2, -0.15) is 4.98 Å². The van der Waals surface area contributed by atoms with Crippen LogP contribution in [0.4, 0.5) is 5.82 Å². The average molecular weight is 347 g/mol. The summed E-state index contributed by atoms with van der Waals surface area (Å²) in [4.78, 5) is 8.51. The van der Waals surface area contributed by atoms with E-state index >= 15 is 0 Å². The van der Waals surface area contributed by atoms with Gasteiger partial charge in [-0.05, 0) is 19.4 Å². The van der Waals surface area contributed by atoms with E-state index in [0.29, 0.717) is 38.3 Å². The highest BCUT2D eigenvalue weighted by atomic mass is 35.5. The Hall–Kier alpha value is -1.23. The molecule has 1 N–H and O–H groups in total. The predicted octanol–water partition coefficient (Wildman–Crippen LogP) is 5.36. The van der Waals surface area contributed by atoms with Crippen molar-refractivity contribution in [2.75, 3.05) is 11.9 Å². The smallest absolute Gasteiger partial charge is 0.224 e. The number of rotatable bonds is 5. The van der Waals surface area contributed by atoms with Crippen molar-refractivity contribution in [1.29, 1.82) is 0 Å². The number of ether oxygens (including phenoxy) is 1. The van der Waals surface area contributed by atoms with Crippen molar-refractivity contribution in [3.8, 4) is 11.6 Å². The minimum atomic E-state index is 0.365. The maximum absolute atomic E-state index is 6.09. The van der Waals surface area contributed by atoms with Gasteiger partial charge < -0.3 is 10.1 Å². The monoisotopic (exact) mass is 345 g/mol. The van der Waals surface area contributed by atoms with Crippen LogP contribution in [-0.4, -0.2) is 16.5 Å². The first-order valence-corrected chi connectivity index (χ1v) is 7.55. The third kappa shape index (κ3) is 4.37. The Morgan fingerprint density at radius 1 is 1.05 bits per heavy atom. The Balaban J connectivity index is 2.27. The van der Waals surface area contributed by atoms with Gasteiger partial charge in [-0.15, -0.1) is 0 Å². The molecule has 0 aliphatic heterocycles. The number of benzene rings is 1. The largest absolute Gasteiger partial charge is 0.437 e. The lowest BCUT2D eigenvalue weighted by Gasteiger charge is -2.10. The van der Waals surface area contributed by atoms with E-state index in [1.807, 2.05) is 0 Å². The van der Waals surface area contributed by atoms with E-state index in [9.17, 15) is 0 Å². The summed E-state index contributed by atoms with van der Waals surface area (Å²) in [7, 11) is 0. The lowest BCUT2D eigenvalue weighted by molar-refractivity contribution is 0.460. The van der Waals surface area contributed by atoms with Gasteiger partial charge in [0.25, 0.3) is 0 Å². The molecule has 2 aromatic rings. The fraction of sp³-hybridized carbons (Fsp3) is 0.286. The molecule has 0 atom stereocenters. The number of halogens is 3. The Kier molecular flexibility index (Phi) is 5.51. The molecule has 0 unspecified atom stereocenters. The van der Waals surface area contributed by atoms with Crippen LogP contribution < -0.4 is 10.1 Å². The van der Waals surface area contributed by atoms with E-state index in [1.165, 1.54) is 6.07 Å². The highest BCUT2D eigenvalue weighted by Gasteiger charge is 2.10. The Morgan fingerprint density at radius 3 is 2.48 bits per heavy atom. The zero-order valence-corrected chi connectivity index (χ0v) is 13.9. The molecule has 0 saturated heterocycles. The molecule has 0 radical (unpaired) electrons. The highest BCUT2D eigenvalue weighted by Crippen LogP contribution is 2.36. The first kappa shape index (κ1) is 16.1. The van der Waals surface area contributed by atoms with Gasteiger partial charge in [0.05, 0.1) is 15.1 Å². The molecular formula is C14H14Cl3N3O. The molecule has 0 spiro atoms. The summed E-state index contributed by atoms with van der Waals surface area (Å²) < 4.78 is 5.68. The van der Waals surface area contributed by atoms with Gasteiger partial charge in [-0.1, -0.05) is 41.7 Å². The molecule has 0 aliphatic rings. The van der Waals surface area contributed by atoms with Crippen LogP contribution in [0.5, 0.6) is 11.6 Å². The van der Waals surface area contributed by atoms with Crippen molar-refractivity contribution in [3.05, 3.63) is 39.1 Å². The highest BCUT2D eigenvalue weighted by molar-refractivity contribution is 6.43. The van der Waals surface area contributed by atoms with Gasteiger partial charge in [0.1, 0.15) is 17.4 Å². The molecule has 0 fully saturated rings. The third-order valence-corrected chi connectivity index (χ3v) is 3.58. The number of nitrogens with one attached hydrogen (secondary N) is 1. The number of hydrogen-bond acceptors (Lipinski definition) is 4. The number of aromatic nitrogens is 2. The van der Waals surface area contributed by atoms with E-state index in [4.69, 9.17) is 39.5 Å². The molecule has 1 aromatic heterocycles. The number of aryl methyl sites for hydroxylation is 1. The van der Waals surface area contributed by atoms with Crippen LogP contribution in [0, 0.1) is 6.92 Å². The van der Waals surface area contributed by atoms with Gasteiger partial charge in [0.2, 0.25) is 5.88 Å². The van der Waals surface area contributed by atoms with Crippen LogP contribution in [0.3, 0.4) is 0 Å². The van der Waals surface area contributed by atoms with Gasteiger partial charge in [0, 0.05) is 18.7 Å². The Morgan fingerprint density at radius 2 is 1.76 bits per heavy atom. The van der Waals surface area contributed by atoms with Crippen LogP contribution >= 0.6 is 34.8 Å². The predicted molar refractivity (Wildman–Crippen MR) is 87.1 cm³/mol. The quantitative estimate of drug-likeness (QED) is 0.740. The molecule has 0 saturated carbocycles. The molecule has 21 heavy (non-hydrogen) atoms. The zero-order chi connectivity index (χ0) is 15.4. The minimum absolute atomic E-state index is 0.365. The molecule has 112 valence electrons. The van der Waals surface area contributed by atoms with Crippen molar-refractivity contribution < 1.29 is 4.74 Å². The molecule has 4 nitrogen and oxygen atoms in total. The maximum Gasteiger partial charge on any atom is 0.224 e. The second kappa shape index (κ2) is 7.16. The van der Waals surface area contributed by atoms with Crippen LogP contribution in [0.15, 0.2) is 18.2 Å². The van der Waals surface area contributed by atoms with Gasteiger partial charge in [0.15, 0.2) is 0 Å². The molecule has 1 aromatic carbocycles. The van der Waals surface area contributed by atoms with Gasteiger partial charge in [-0.25, -0.2) is 4.98 Å². The summed E-state index contributed by atoms with van der Waals surface area (Å²) in [6, 6.07) is 4.80. The number of hydrogen-bond donors (Lipinski definition) is 1. The molecule has 0 aliphatic carbocycles. The average Bonchev–Trinajstić information content (AvgIpc) is 2.42.